The van der Waals surface area contributed by atoms with Crippen LogP contribution in [0.4, 0.5) is 0 Å². The van der Waals surface area contributed by atoms with Crippen molar-refractivity contribution < 1.29 is 14.0 Å². The summed E-state index contributed by atoms with van der Waals surface area (Å²) in [7, 11) is 3.35. The van der Waals surface area contributed by atoms with E-state index in [-0.39, 0.29) is 0 Å². The Kier molecular flexibility index (Phi) is 7.13. The third kappa shape index (κ3) is 5.63. The van der Waals surface area contributed by atoms with Crippen LogP contribution >= 0.6 is 0 Å². The van der Waals surface area contributed by atoms with E-state index in [4.69, 9.17) is 14.0 Å². The van der Waals surface area contributed by atoms with Gasteiger partial charge in [0.25, 0.3) is 0 Å². The molecule has 28 heavy (non-hydrogen) atoms. The molecule has 1 saturated heterocycles. The molecule has 152 valence electrons. The minimum atomic E-state index is 0.350. The van der Waals surface area contributed by atoms with Crippen LogP contribution in [-0.2, 0) is 13.1 Å². The van der Waals surface area contributed by atoms with Crippen molar-refractivity contribution in [3.63, 3.8) is 0 Å². The van der Waals surface area contributed by atoms with E-state index in [0.717, 1.165) is 55.8 Å². The summed E-state index contributed by atoms with van der Waals surface area (Å²) in [6.45, 7) is 6.20. The zero-order valence-corrected chi connectivity index (χ0v) is 16.8. The van der Waals surface area contributed by atoms with Crippen molar-refractivity contribution in [2.45, 2.75) is 32.5 Å². The number of hydrogen-bond donors (Lipinski definition) is 2. The molecular formula is C20H29N5O3. The van der Waals surface area contributed by atoms with E-state index in [2.05, 4.69) is 44.7 Å². The van der Waals surface area contributed by atoms with Gasteiger partial charge in [-0.3, -0.25) is 4.90 Å². The Morgan fingerprint density at radius 3 is 2.71 bits per heavy atom. The fourth-order valence-electron chi connectivity index (χ4n) is 3.30. The predicted molar refractivity (Wildman–Crippen MR) is 108 cm³/mol. The van der Waals surface area contributed by atoms with Gasteiger partial charge in [0.15, 0.2) is 5.96 Å². The SMILES string of the molecule is CCNC(=NCc1ccon1)NC1CCN(Cc2cc(OC)cc(OC)c2)C1. The molecule has 0 radical (unpaired) electrons. The van der Waals surface area contributed by atoms with Crippen molar-refractivity contribution >= 4 is 5.96 Å². The Balaban J connectivity index is 1.56. The highest BCUT2D eigenvalue weighted by Gasteiger charge is 2.23. The van der Waals surface area contributed by atoms with Gasteiger partial charge in [0.1, 0.15) is 23.5 Å². The van der Waals surface area contributed by atoms with Crippen LogP contribution < -0.4 is 20.1 Å². The van der Waals surface area contributed by atoms with Gasteiger partial charge in [-0.2, -0.15) is 0 Å². The van der Waals surface area contributed by atoms with E-state index in [9.17, 15) is 0 Å². The molecule has 0 saturated carbocycles. The third-order valence-electron chi connectivity index (χ3n) is 4.67. The molecule has 0 bridgehead atoms. The molecule has 2 heterocycles. The molecule has 8 nitrogen and oxygen atoms in total. The van der Waals surface area contributed by atoms with Crippen molar-refractivity contribution in [1.82, 2.24) is 20.7 Å². The van der Waals surface area contributed by atoms with Gasteiger partial charge in [-0.15, -0.1) is 0 Å². The van der Waals surface area contributed by atoms with Crippen LogP contribution in [0.1, 0.15) is 24.6 Å². The standard InChI is InChI=1S/C20H29N5O3/c1-4-21-20(22-12-16-6-8-28-24-16)23-17-5-7-25(14-17)13-15-9-18(26-2)11-19(10-15)27-3/h6,8-11,17H,4-5,7,12-14H2,1-3H3,(H2,21,22,23). The highest BCUT2D eigenvalue weighted by atomic mass is 16.5. The van der Waals surface area contributed by atoms with Crippen LogP contribution in [0.15, 0.2) is 40.0 Å². The Morgan fingerprint density at radius 2 is 2.07 bits per heavy atom. The van der Waals surface area contributed by atoms with Gasteiger partial charge in [0.05, 0.1) is 20.8 Å². The Labute approximate surface area is 165 Å². The summed E-state index contributed by atoms with van der Waals surface area (Å²) in [6.07, 6.45) is 2.63. The van der Waals surface area contributed by atoms with Crippen LogP contribution in [0.25, 0.3) is 0 Å². The summed E-state index contributed by atoms with van der Waals surface area (Å²) in [5.41, 5.74) is 2.00. The largest absolute Gasteiger partial charge is 0.497 e. The number of ether oxygens (including phenoxy) is 2. The number of likely N-dealkylation sites (tertiary alicyclic amines) is 1. The number of aromatic nitrogens is 1. The van der Waals surface area contributed by atoms with Gasteiger partial charge in [-0.1, -0.05) is 5.16 Å². The molecule has 1 unspecified atom stereocenters. The summed E-state index contributed by atoms with van der Waals surface area (Å²) in [5, 5.41) is 10.7. The first kappa shape index (κ1) is 20.0. The molecule has 0 aliphatic carbocycles. The molecular weight excluding hydrogens is 358 g/mol. The number of hydrogen-bond acceptors (Lipinski definition) is 6. The fourth-order valence-corrected chi connectivity index (χ4v) is 3.30. The summed E-state index contributed by atoms with van der Waals surface area (Å²) >= 11 is 0. The number of guanidine groups is 1. The lowest BCUT2D eigenvalue weighted by Crippen LogP contribution is -2.44. The zero-order valence-electron chi connectivity index (χ0n) is 16.8. The Hall–Kier alpha value is -2.74. The van der Waals surface area contributed by atoms with E-state index in [1.165, 1.54) is 5.56 Å². The lowest BCUT2D eigenvalue weighted by molar-refractivity contribution is 0.321. The van der Waals surface area contributed by atoms with Crippen LogP contribution in [0.5, 0.6) is 11.5 Å². The molecule has 3 rings (SSSR count). The first-order chi connectivity index (χ1) is 13.7. The van der Waals surface area contributed by atoms with E-state index in [1.54, 1.807) is 20.5 Å². The number of rotatable bonds is 8. The van der Waals surface area contributed by atoms with Crippen molar-refractivity contribution in [2.75, 3.05) is 33.9 Å². The average molecular weight is 387 g/mol. The maximum Gasteiger partial charge on any atom is 0.191 e. The summed E-state index contributed by atoms with van der Waals surface area (Å²) in [5.74, 6) is 2.44. The topological polar surface area (TPSA) is 84.2 Å². The molecule has 1 aliphatic heterocycles. The number of aliphatic imine (C=N–C) groups is 1. The van der Waals surface area contributed by atoms with Gasteiger partial charge >= 0.3 is 0 Å². The van der Waals surface area contributed by atoms with Crippen LogP contribution in [0.3, 0.4) is 0 Å². The summed E-state index contributed by atoms with van der Waals surface area (Å²) in [4.78, 5) is 7.02. The predicted octanol–water partition coefficient (Wildman–Crippen LogP) is 2.02. The van der Waals surface area contributed by atoms with E-state index in [0.29, 0.717) is 12.6 Å². The molecule has 0 amide bonds. The minimum Gasteiger partial charge on any atom is -0.497 e. The number of benzene rings is 1. The Bertz CT molecular complexity index is 741. The van der Waals surface area contributed by atoms with Gasteiger partial charge < -0.3 is 24.6 Å². The van der Waals surface area contributed by atoms with Crippen LogP contribution in [0.2, 0.25) is 0 Å². The van der Waals surface area contributed by atoms with Crippen molar-refractivity contribution in [1.29, 1.82) is 0 Å². The van der Waals surface area contributed by atoms with Gasteiger partial charge in [-0.05, 0) is 31.0 Å². The minimum absolute atomic E-state index is 0.350. The smallest absolute Gasteiger partial charge is 0.191 e. The molecule has 8 heteroatoms. The van der Waals surface area contributed by atoms with Gasteiger partial charge in [-0.25, -0.2) is 4.99 Å². The van der Waals surface area contributed by atoms with E-state index in [1.807, 2.05) is 12.1 Å². The summed E-state index contributed by atoms with van der Waals surface area (Å²) < 4.78 is 15.6. The van der Waals surface area contributed by atoms with Crippen molar-refractivity contribution in [3.8, 4) is 11.5 Å². The molecule has 1 fully saturated rings. The molecule has 1 atom stereocenters. The summed E-state index contributed by atoms with van der Waals surface area (Å²) in [6, 6.07) is 8.19. The first-order valence-corrected chi connectivity index (χ1v) is 9.58. The van der Waals surface area contributed by atoms with Crippen LogP contribution in [-0.4, -0.2) is 55.9 Å². The third-order valence-corrected chi connectivity index (χ3v) is 4.67. The monoisotopic (exact) mass is 387 g/mol. The molecule has 2 N–H and O–H groups in total. The van der Waals surface area contributed by atoms with E-state index < -0.39 is 0 Å². The van der Waals surface area contributed by atoms with Crippen molar-refractivity contribution in [3.05, 3.63) is 41.8 Å². The molecule has 0 spiro atoms. The quantitative estimate of drug-likeness (QED) is 0.529. The number of methoxy groups -OCH3 is 2. The second-order valence-corrected chi connectivity index (χ2v) is 6.77. The first-order valence-electron chi connectivity index (χ1n) is 9.58. The molecule has 2 aromatic rings. The fraction of sp³-hybridized carbons (Fsp3) is 0.500. The average Bonchev–Trinajstić information content (AvgIpc) is 3.38. The lowest BCUT2D eigenvalue weighted by Gasteiger charge is -2.19. The maximum atomic E-state index is 5.37. The molecule has 1 aromatic heterocycles. The number of nitrogens with zero attached hydrogens (tertiary/aromatic N) is 3. The van der Waals surface area contributed by atoms with E-state index >= 15 is 0 Å². The Morgan fingerprint density at radius 1 is 1.29 bits per heavy atom. The molecule has 1 aromatic carbocycles. The maximum absolute atomic E-state index is 5.37. The second-order valence-electron chi connectivity index (χ2n) is 6.77. The zero-order chi connectivity index (χ0) is 19.8. The lowest BCUT2D eigenvalue weighted by atomic mass is 10.2. The highest BCUT2D eigenvalue weighted by molar-refractivity contribution is 5.80. The second kappa shape index (κ2) is 9.98. The highest BCUT2D eigenvalue weighted by Crippen LogP contribution is 2.24. The van der Waals surface area contributed by atoms with Crippen LogP contribution in [0, 0.1) is 0 Å². The van der Waals surface area contributed by atoms with Crippen molar-refractivity contribution in [2.24, 2.45) is 4.99 Å². The number of nitrogens with one attached hydrogen (secondary N) is 2. The van der Waals surface area contributed by atoms with Gasteiger partial charge in [0.2, 0.25) is 0 Å². The normalized spacial score (nSPS) is 17.5. The molecule has 1 aliphatic rings. The van der Waals surface area contributed by atoms with Gasteiger partial charge in [0, 0.05) is 44.4 Å².